The van der Waals surface area contributed by atoms with Crippen LogP contribution in [-0.2, 0) is 11.3 Å². The number of hydrogen-bond acceptors (Lipinski definition) is 6. The van der Waals surface area contributed by atoms with E-state index in [1.807, 2.05) is 24.3 Å². The Labute approximate surface area is 186 Å². The van der Waals surface area contributed by atoms with Crippen molar-refractivity contribution in [1.29, 1.82) is 0 Å². The molecule has 0 saturated carbocycles. The topological polar surface area (TPSA) is 54.4 Å². The van der Waals surface area contributed by atoms with Crippen LogP contribution >= 0.6 is 0 Å². The number of benzene rings is 2. The van der Waals surface area contributed by atoms with Crippen LogP contribution in [0.25, 0.3) is 0 Å². The van der Waals surface area contributed by atoms with Gasteiger partial charge in [-0.15, -0.1) is 0 Å². The third-order valence-corrected chi connectivity index (χ3v) is 5.71. The first-order valence-electron chi connectivity index (χ1n) is 11.1. The van der Waals surface area contributed by atoms with Crippen LogP contribution in [0.3, 0.4) is 0 Å². The van der Waals surface area contributed by atoms with Gasteiger partial charge in [0.05, 0.1) is 20.3 Å². The molecule has 1 fully saturated rings. The molecule has 1 saturated heterocycles. The molecule has 2 aromatic rings. The quantitative estimate of drug-likeness (QED) is 0.594. The maximum absolute atomic E-state index is 10.7. The van der Waals surface area contributed by atoms with Gasteiger partial charge in [0.15, 0.2) is 0 Å². The molecule has 0 amide bonds. The van der Waals surface area contributed by atoms with E-state index in [1.54, 1.807) is 7.11 Å². The van der Waals surface area contributed by atoms with Crippen molar-refractivity contribution in [2.45, 2.75) is 26.5 Å². The van der Waals surface area contributed by atoms with Crippen molar-refractivity contribution in [3.63, 3.8) is 0 Å². The fourth-order valence-electron chi connectivity index (χ4n) is 3.77. The molecule has 0 aliphatic carbocycles. The summed E-state index contributed by atoms with van der Waals surface area (Å²) in [5, 5.41) is 10.7. The van der Waals surface area contributed by atoms with Crippen molar-refractivity contribution in [3.8, 4) is 11.5 Å². The molecule has 1 atom stereocenters. The lowest BCUT2D eigenvalue weighted by Gasteiger charge is -2.31. The predicted octanol–water partition coefficient (Wildman–Crippen LogP) is 2.89. The van der Waals surface area contributed by atoms with Crippen LogP contribution in [0.5, 0.6) is 11.5 Å². The van der Waals surface area contributed by atoms with E-state index in [0.717, 1.165) is 57.4 Å². The number of nitrogens with zero attached hydrogens (tertiary/aromatic N) is 2. The number of ether oxygens (including phenoxy) is 3. The van der Waals surface area contributed by atoms with Gasteiger partial charge in [0.1, 0.15) is 24.2 Å². The highest BCUT2D eigenvalue weighted by Gasteiger charge is 2.17. The van der Waals surface area contributed by atoms with Gasteiger partial charge in [0, 0.05) is 39.3 Å². The van der Waals surface area contributed by atoms with Gasteiger partial charge in [-0.1, -0.05) is 23.8 Å². The third-order valence-electron chi connectivity index (χ3n) is 5.71. The van der Waals surface area contributed by atoms with Crippen LogP contribution in [0, 0.1) is 13.8 Å². The first-order valence-corrected chi connectivity index (χ1v) is 11.1. The Bertz CT molecular complexity index is 791. The average Bonchev–Trinajstić information content (AvgIpc) is 2.79. The molecule has 1 N–H and O–H groups in total. The lowest BCUT2D eigenvalue weighted by molar-refractivity contribution is 0.0255. The van der Waals surface area contributed by atoms with Gasteiger partial charge < -0.3 is 19.3 Å². The first-order chi connectivity index (χ1) is 15.0. The van der Waals surface area contributed by atoms with Gasteiger partial charge in [-0.05, 0) is 49.2 Å². The molecule has 1 aliphatic heterocycles. The lowest BCUT2D eigenvalue weighted by Crippen LogP contribution is -2.43. The summed E-state index contributed by atoms with van der Waals surface area (Å²) < 4.78 is 16.4. The van der Waals surface area contributed by atoms with Crippen LogP contribution in [0.1, 0.15) is 16.7 Å². The Morgan fingerprint density at radius 1 is 1.06 bits per heavy atom. The van der Waals surface area contributed by atoms with Gasteiger partial charge in [0.2, 0.25) is 0 Å². The van der Waals surface area contributed by atoms with Crippen molar-refractivity contribution in [1.82, 2.24) is 9.80 Å². The molecule has 170 valence electrons. The summed E-state index contributed by atoms with van der Waals surface area (Å²) in [6.07, 6.45) is -0.572. The minimum Gasteiger partial charge on any atom is -0.497 e. The second-order valence-corrected chi connectivity index (χ2v) is 8.26. The highest BCUT2D eigenvalue weighted by molar-refractivity contribution is 5.31. The van der Waals surface area contributed by atoms with E-state index >= 15 is 0 Å². The van der Waals surface area contributed by atoms with Crippen molar-refractivity contribution in [2.75, 3.05) is 59.7 Å². The second-order valence-electron chi connectivity index (χ2n) is 8.26. The monoisotopic (exact) mass is 428 g/mol. The van der Waals surface area contributed by atoms with E-state index in [9.17, 15) is 5.11 Å². The number of aliphatic hydroxyl groups is 1. The van der Waals surface area contributed by atoms with Gasteiger partial charge in [-0.2, -0.15) is 0 Å². The Morgan fingerprint density at radius 2 is 1.77 bits per heavy atom. The second kappa shape index (κ2) is 12.1. The number of morpholine rings is 1. The molecule has 3 rings (SSSR count). The number of aryl methyl sites for hydroxylation is 2. The fraction of sp³-hybridized carbons (Fsp3) is 0.520. The zero-order valence-corrected chi connectivity index (χ0v) is 19.0. The smallest absolute Gasteiger partial charge is 0.119 e. The SMILES string of the molecule is COc1ccc(OCC(O)CN(CCN2CCOCC2)Cc2cc(C)ccc2C)cc1. The van der Waals surface area contributed by atoms with Crippen LogP contribution in [0.4, 0.5) is 0 Å². The maximum atomic E-state index is 10.7. The highest BCUT2D eigenvalue weighted by Crippen LogP contribution is 2.18. The minimum atomic E-state index is -0.572. The zero-order valence-electron chi connectivity index (χ0n) is 19.0. The van der Waals surface area contributed by atoms with Gasteiger partial charge in [-0.3, -0.25) is 9.80 Å². The first kappa shape index (κ1) is 23.5. The summed E-state index contributed by atoms with van der Waals surface area (Å²) in [4.78, 5) is 4.76. The van der Waals surface area contributed by atoms with E-state index in [2.05, 4.69) is 41.8 Å². The molecule has 0 radical (unpaired) electrons. The molecule has 31 heavy (non-hydrogen) atoms. The van der Waals surface area contributed by atoms with Crippen molar-refractivity contribution in [3.05, 3.63) is 59.2 Å². The fourth-order valence-corrected chi connectivity index (χ4v) is 3.77. The predicted molar refractivity (Wildman–Crippen MR) is 123 cm³/mol. The normalized spacial score (nSPS) is 15.8. The summed E-state index contributed by atoms with van der Waals surface area (Å²) in [5.41, 5.74) is 3.85. The minimum absolute atomic E-state index is 0.257. The zero-order chi connectivity index (χ0) is 22.1. The molecule has 0 spiro atoms. The Balaban J connectivity index is 1.57. The molecular weight excluding hydrogens is 392 g/mol. The third kappa shape index (κ3) is 7.82. The summed E-state index contributed by atoms with van der Waals surface area (Å²) >= 11 is 0. The summed E-state index contributed by atoms with van der Waals surface area (Å²) in [6, 6.07) is 14.0. The molecule has 1 unspecified atom stereocenters. The molecule has 2 aromatic carbocycles. The molecule has 6 nitrogen and oxygen atoms in total. The van der Waals surface area contributed by atoms with Crippen molar-refractivity contribution < 1.29 is 19.3 Å². The van der Waals surface area contributed by atoms with Crippen LogP contribution in [0.15, 0.2) is 42.5 Å². The number of methoxy groups -OCH3 is 1. The lowest BCUT2D eigenvalue weighted by atomic mass is 10.0. The molecule has 6 heteroatoms. The van der Waals surface area contributed by atoms with E-state index in [0.29, 0.717) is 6.54 Å². The van der Waals surface area contributed by atoms with Gasteiger partial charge >= 0.3 is 0 Å². The molecule has 1 heterocycles. The maximum Gasteiger partial charge on any atom is 0.119 e. The Kier molecular flexibility index (Phi) is 9.15. The molecule has 0 bridgehead atoms. The average molecular weight is 429 g/mol. The van der Waals surface area contributed by atoms with E-state index in [-0.39, 0.29) is 6.61 Å². The Hall–Kier alpha value is -2.12. The molecule has 1 aliphatic rings. The summed E-state index contributed by atoms with van der Waals surface area (Å²) in [5.74, 6) is 1.52. The molecular formula is C25H36N2O4. The summed E-state index contributed by atoms with van der Waals surface area (Å²) in [6.45, 7) is 11.3. The Morgan fingerprint density at radius 3 is 2.48 bits per heavy atom. The van der Waals surface area contributed by atoms with Gasteiger partial charge in [0.25, 0.3) is 0 Å². The summed E-state index contributed by atoms with van der Waals surface area (Å²) in [7, 11) is 1.64. The largest absolute Gasteiger partial charge is 0.497 e. The van der Waals surface area contributed by atoms with E-state index in [4.69, 9.17) is 14.2 Å². The number of rotatable bonds is 11. The van der Waals surface area contributed by atoms with Crippen molar-refractivity contribution in [2.24, 2.45) is 0 Å². The number of hydrogen-bond donors (Lipinski definition) is 1. The standard InChI is InChI=1S/C25H36N2O4/c1-20-4-5-21(2)22(16-20)17-27(11-10-26-12-14-30-15-13-26)18-23(28)19-31-25-8-6-24(29-3)7-9-25/h4-9,16,23,28H,10-15,17-19H2,1-3H3. The number of aliphatic hydroxyl groups excluding tert-OH is 1. The van der Waals surface area contributed by atoms with Gasteiger partial charge in [-0.25, -0.2) is 0 Å². The molecule has 0 aromatic heterocycles. The van der Waals surface area contributed by atoms with E-state index < -0.39 is 6.10 Å². The van der Waals surface area contributed by atoms with Crippen LogP contribution < -0.4 is 9.47 Å². The highest BCUT2D eigenvalue weighted by atomic mass is 16.5. The van der Waals surface area contributed by atoms with Crippen LogP contribution in [0.2, 0.25) is 0 Å². The van der Waals surface area contributed by atoms with Crippen molar-refractivity contribution >= 4 is 0 Å². The van der Waals surface area contributed by atoms with Crippen LogP contribution in [-0.4, -0.2) is 80.7 Å². The van der Waals surface area contributed by atoms with E-state index in [1.165, 1.54) is 16.7 Å².